The van der Waals surface area contributed by atoms with Crippen molar-refractivity contribution < 1.29 is 14.3 Å². The maximum Gasteiger partial charge on any atom is 0.258 e. The van der Waals surface area contributed by atoms with Crippen LogP contribution in [-0.4, -0.2) is 35.9 Å². The van der Waals surface area contributed by atoms with Gasteiger partial charge in [0.05, 0.1) is 18.5 Å². The smallest absolute Gasteiger partial charge is 0.258 e. The molecule has 0 aliphatic heterocycles. The van der Waals surface area contributed by atoms with Crippen molar-refractivity contribution in [1.29, 1.82) is 0 Å². The summed E-state index contributed by atoms with van der Waals surface area (Å²) in [7, 11) is 1.59. The number of ether oxygens (including phenoxy) is 2. The van der Waals surface area contributed by atoms with Gasteiger partial charge in [0.2, 0.25) is 0 Å². The van der Waals surface area contributed by atoms with E-state index in [0.717, 1.165) is 16.3 Å². The number of thiophene rings is 1. The molecule has 6 nitrogen and oxygen atoms in total. The zero-order valence-corrected chi connectivity index (χ0v) is 15.6. The maximum absolute atomic E-state index is 11.9. The lowest BCUT2D eigenvalue weighted by Crippen LogP contribution is -2.31. The van der Waals surface area contributed by atoms with Gasteiger partial charge in [0.15, 0.2) is 6.61 Å². The molecule has 1 aromatic carbocycles. The molecule has 0 radical (unpaired) electrons. The molecule has 3 rings (SSSR count). The molecule has 0 atom stereocenters. The van der Waals surface area contributed by atoms with Crippen molar-refractivity contribution in [2.75, 3.05) is 20.3 Å². The SMILES string of the molecule is COc1cccc(OCC(=O)NCCn2nc(-c3cccs3)cc2C)c1. The molecule has 3 aromatic rings. The van der Waals surface area contributed by atoms with Gasteiger partial charge in [-0.1, -0.05) is 12.1 Å². The molecule has 0 spiro atoms. The summed E-state index contributed by atoms with van der Waals surface area (Å²) in [5, 5.41) is 9.47. The lowest BCUT2D eigenvalue weighted by atomic mass is 10.3. The number of amides is 1. The Bertz CT molecular complexity index is 859. The average Bonchev–Trinajstić information content (AvgIpc) is 3.30. The van der Waals surface area contributed by atoms with Crippen LogP contribution in [0.2, 0.25) is 0 Å². The highest BCUT2D eigenvalue weighted by atomic mass is 32.1. The van der Waals surface area contributed by atoms with Crippen molar-refractivity contribution in [3.8, 4) is 22.1 Å². The van der Waals surface area contributed by atoms with Crippen molar-refractivity contribution in [1.82, 2.24) is 15.1 Å². The Morgan fingerprint density at radius 1 is 1.23 bits per heavy atom. The van der Waals surface area contributed by atoms with Crippen molar-refractivity contribution in [2.45, 2.75) is 13.5 Å². The third-order valence-electron chi connectivity index (χ3n) is 3.81. The monoisotopic (exact) mass is 371 g/mol. The second-order valence-corrected chi connectivity index (χ2v) is 6.64. The van der Waals surface area contributed by atoms with Gasteiger partial charge in [0.25, 0.3) is 5.91 Å². The van der Waals surface area contributed by atoms with Crippen LogP contribution in [-0.2, 0) is 11.3 Å². The first-order valence-electron chi connectivity index (χ1n) is 8.27. The lowest BCUT2D eigenvalue weighted by Gasteiger charge is -2.09. The summed E-state index contributed by atoms with van der Waals surface area (Å²) in [6, 6.07) is 13.3. The van der Waals surface area contributed by atoms with E-state index in [1.807, 2.05) is 35.2 Å². The fourth-order valence-corrected chi connectivity index (χ4v) is 3.15. The number of hydrogen-bond donors (Lipinski definition) is 1. The zero-order chi connectivity index (χ0) is 18.4. The van der Waals surface area contributed by atoms with Crippen molar-refractivity contribution in [2.24, 2.45) is 0 Å². The number of rotatable bonds is 8. The Balaban J connectivity index is 1.45. The number of aromatic nitrogens is 2. The number of nitrogens with zero attached hydrogens (tertiary/aromatic N) is 2. The molecule has 1 amide bonds. The first kappa shape index (κ1) is 18.0. The first-order valence-corrected chi connectivity index (χ1v) is 9.15. The third kappa shape index (κ3) is 4.64. The third-order valence-corrected chi connectivity index (χ3v) is 4.70. The van der Waals surface area contributed by atoms with E-state index in [9.17, 15) is 4.79 Å². The Morgan fingerprint density at radius 3 is 2.85 bits per heavy atom. The molecule has 0 bridgehead atoms. The fourth-order valence-electron chi connectivity index (χ4n) is 2.47. The molecule has 26 heavy (non-hydrogen) atoms. The van der Waals surface area contributed by atoms with E-state index in [-0.39, 0.29) is 12.5 Å². The second kappa shape index (κ2) is 8.53. The van der Waals surface area contributed by atoms with E-state index in [1.165, 1.54) is 0 Å². The first-order chi connectivity index (χ1) is 12.7. The molecule has 136 valence electrons. The van der Waals surface area contributed by atoms with Gasteiger partial charge in [-0.15, -0.1) is 11.3 Å². The summed E-state index contributed by atoms with van der Waals surface area (Å²) in [6.45, 7) is 3.08. The topological polar surface area (TPSA) is 65.4 Å². The Hall–Kier alpha value is -2.80. The molecule has 2 heterocycles. The summed E-state index contributed by atoms with van der Waals surface area (Å²) in [5.74, 6) is 1.12. The van der Waals surface area contributed by atoms with Gasteiger partial charge in [-0.2, -0.15) is 5.10 Å². The van der Waals surface area contributed by atoms with Crippen molar-refractivity contribution in [3.63, 3.8) is 0 Å². The number of carbonyl (C=O) groups is 1. The van der Waals surface area contributed by atoms with E-state index in [1.54, 1.807) is 30.6 Å². The van der Waals surface area contributed by atoms with Gasteiger partial charge in [-0.05, 0) is 36.6 Å². The van der Waals surface area contributed by atoms with Crippen LogP contribution in [0.1, 0.15) is 5.69 Å². The van der Waals surface area contributed by atoms with Crippen LogP contribution in [0.3, 0.4) is 0 Å². The Morgan fingerprint density at radius 2 is 2.08 bits per heavy atom. The molecule has 1 N–H and O–H groups in total. The molecule has 0 aliphatic carbocycles. The minimum atomic E-state index is -0.170. The average molecular weight is 371 g/mol. The Kier molecular flexibility index (Phi) is 5.91. The largest absolute Gasteiger partial charge is 0.497 e. The normalized spacial score (nSPS) is 10.5. The van der Waals surface area contributed by atoms with E-state index >= 15 is 0 Å². The molecule has 0 aliphatic rings. The number of methoxy groups -OCH3 is 1. The van der Waals surface area contributed by atoms with E-state index < -0.39 is 0 Å². The summed E-state index contributed by atoms with van der Waals surface area (Å²) in [5.41, 5.74) is 2.03. The van der Waals surface area contributed by atoms with Crippen LogP contribution < -0.4 is 14.8 Å². The van der Waals surface area contributed by atoms with Gasteiger partial charge < -0.3 is 14.8 Å². The van der Waals surface area contributed by atoms with E-state index in [2.05, 4.69) is 22.5 Å². The van der Waals surface area contributed by atoms with Crippen LogP contribution in [0.15, 0.2) is 47.8 Å². The van der Waals surface area contributed by atoms with Crippen molar-refractivity contribution >= 4 is 17.2 Å². The van der Waals surface area contributed by atoms with E-state index in [0.29, 0.717) is 24.6 Å². The molecule has 0 saturated heterocycles. The number of carbonyl (C=O) groups excluding carboxylic acids is 1. The lowest BCUT2D eigenvalue weighted by molar-refractivity contribution is -0.123. The van der Waals surface area contributed by atoms with Crippen LogP contribution in [0.5, 0.6) is 11.5 Å². The van der Waals surface area contributed by atoms with Crippen LogP contribution in [0.4, 0.5) is 0 Å². The minimum Gasteiger partial charge on any atom is -0.497 e. The summed E-state index contributed by atoms with van der Waals surface area (Å²) in [4.78, 5) is 13.1. The number of aryl methyl sites for hydroxylation is 1. The molecule has 2 aromatic heterocycles. The van der Waals surface area contributed by atoms with E-state index in [4.69, 9.17) is 9.47 Å². The fraction of sp³-hybridized carbons (Fsp3) is 0.263. The summed E-state index contributed by atoms with van der Waals surface area (Å²) >= 11 is 1.66. The van der Waals surface area contributed by atoms with Gasteiger partial charge in [0.1, 0.15) is 17.2 Å². The van der Waals surface area contributed by atoms with Gasteiger partial charge in [-0.3, -0.25) is 9.48 Å². The summed E-state index contributed by atoms with van der Waals surface area (Å²) < 4.78 is 12.5. The number of hydrogen-bond acceptors (Lipinski definition) is 5. The maximum atomic E-state index is 11.9. The van der Waals surface area contributed by atoms with Crippen LogP contribution in [0.25, 0.3) is 10.6 Å². The summed E-state index contributed by atoms with van der Waals surface area (Å²) in [6.07, 6.45) is 0. The predicted octanol–water partition coefficient (Wildman–Crippen LogP) is 3.12. The molecule has 0 unspecified atom stereocenters. The number of nitrogens with one attached hydrogen (secondary N) is 1. The highest BCUT2D eigenvalue weighted by Crippen LogP contribution is 2.23. The van der Waals surface area contributed by atoms with Gasteiger partial charge in [-0.25, -0.2) is 0 Å². The highest BCUT2D eigenvalue weighted by molar-refractivity contribution is 7.13. The molecular weight excluding hydrogens is 350 g/mol. The number of benzene rings is 1. The molecular formula is C19H21N3O3S. The predicted molar refractivity (Wildman–Crippen MR) is 102 cm³/mol. The molecule has 7 heteroatoms. The standard InChI is InChI=1S/C19H21N3O3S/c1-14-11-17(18-7-4-10-26-18)21-22(14)9-8-20-19(23)13-25-16-6-3-5-15(12-16)24-2/h3-7,10-12H,8-9,13H2,1-2H3,(H,20,23). The quantitative estimate of drug-likeness (QED) is 0.661. The van der Waals surface area contributed by atoms with Crippen LogP contribution in [0, 0.1) is 6.92 Å². The van der Waals surface area contributed by atoms with Crippen molar-refractivity contribution in [3.05, 3.63) is 53.5 Å². The second-order valence-electron chi connectivity index (χ2n) is 5.69. The minimum absolute atomic E-state index is 0.0360. The zero-order valence-electron chi connectivity index (χ0n) is 14.8. The molecule has 0 saturated carbocycles. The highest BCUT2D eigenvalue weighted by Gasteiger charge is 2.08. The van der Waals surface area contributed by atoms with Gasteiger partial charge >= 0.3 is 0 Å². The molecule has 0 fully saturated rings. The van der Waals surface area contributed by atoms with Crippen LogP contribution >= 0.6 is 11.3 Å². The van der Waals surface area contributed by atoms with Gasteiger partial charge in [0, 0.05) is 18.3 Å². The Labute approximate surface area is 156 Å².